The minimum atomic E-state index is -0.276. The average molecular weight is 267 g/mol. The summed E-state index contributed by atoms with van der Waals surface area (Å²) in [7, 11) is -0.253. The van der Waals surface area contributed by atoms with Crippen molar-refractivity contribution >= 4 is 18.9 Å². The molecule has 0 aromatic heterocycles. The van der Waals surface area contributed by atoms with Crippen molar-refractivity contribution in [3.63, 3.8) is 0 Å². The van der Waals surface area contributed by atoms with Gasteiger partial charge in [-0.1, -0.05) is 6.08 Å². The Morgan fingerprint density at radius 1 is 1.17 bits per heavy atom. The number of thioether (sulfide) groups is 1. The van der Waals surface area contributed by atoms with E-state index in [0.29, 0.717) is 0 Å². The van der Waals surface area contributed by atoms with Crippen LogP contribution in [0.3, 0.4) is 0 Å². The summed E-state index contributed by atoms with van der Waals surface area (Å²) < 4.78 is 12.2. The molecule has 18 heavy (non-hydrogen) atoms. The smallest absolute Gasteiger partial charge is 0.400 e. The molecule has 2 aliphatic heterocycles. The molecular weight excluding hydrogens is 245 g/mol. The Hall–Kier alpha value is -0.385. The summed E-state index contributed by atoms with van der Waals surface area (Å²) in [6.07, 6.45) is 6.28. The van der Waals surface area contributed by atoms with Gasteiger partial charge in [-0.15, -0.1) is 11.8 Å². The number of nitrogens with one attached hydrogen (secondary N) is 1. The molecule has 1 unspecified atom stereocenters. The average Bonchev–Trinajstić information content (AvgIpc) is 2.47. The number of hydrogen-bond donors (Lipinski definition) is 1. The molecule has 5 heteroatoms. The summed E-state index contributed by atoms with van der Waals surface area (Å²) in [5, 5.41) is 4.63. The molecule has 3 nitrogen and oxygen atoms in total. The molecule has 1 saturated heterocycles. The Balaban J connectivity index is 2.20. The van der Waals surface area contributed by atoms with Crippen LogP contribution in [0.5, 0.6) is 0 Å². The molecule has 2 heterocycles. The maximum absolute atomic E-state index is 6.08. The first-order valence-corrected chi connectivity index (χ1v) is 7.57. The molecule has 0 amide bonds. The standard InChI is InChI=1S/C13H22BNO2S/c1-9-10(7-8-11(15-9)18-6)14-16-12(2,3)13(4,5)17-14/h7-9,15H,1-6H3. The van der Waals surface area contributed by atoms with E-state index in [4.69, 9.17) is 9.31 Å². The number of dihydropyridines is 1. The predicted octanol–water partition coefficient (Wildman–Crippen LogP) is 2.74. The van der Waals surface area contributed by atoms with E-state index in [9.17, 15) is 0 Å². The van der Waals surface area contributed by atoms with E-state index in [1.807, 2.05) is 0 Å². The molecule has 0 radical (unpaired) electrons. The van der Waals surface area contributed by atoms with Gasteiger partial charge in [-0.3, -0.25) is 0 Å². The quantitative estimate of drug-likeness (QED) is 0.779. The minimum absolute atomic E-state index is 0.243. The highest BCUT2D eigenvalue weighted by Gasteiger charge is 2.53. The third-order valence-electron chi connectivity index (χ3n) is 4.03. The van der Waals surface area contributed by atoms with Crippen LogP contribution in [0.1, 0.15) is 34.6 Å². The second-order valence-electron chi connectivity index (χ2n) is 5.86. The maximum Gasteiger partial charge on any atom is 0.492 e. The van der Waals surface area contributed by atoms with E-state index in [-0.39, 0.29) is 24.4 Å². The van der Waals surface area contributed by atoms with E-state index in [2.05, 4.69) is 58.3 Å². The third kappa shape index (κ3) is 2.36. The van der Waals surface area contributed by atoms with Crippen molar-refractivity contribution < 1.29 is 9.31 Å². The molecule has 2 aliphatic rings. The lowest BCUT2D eigenvalue weighted by atomic mass is 9.73. The second-order valence-corrected chi connectivity index (χ2v) is 6.70. The lowest BCUT2D eigenvalue weighted by Gasteiger charge is -2.32. The van der Waals surface area contributed by atoms with Crippen LogP contribution in [0.15, 0.2) is 22.7 Å². The van der Waals surface area contributed by atoms with Crippen LogP contribution in [-0.4, -0.2) is 30.6 Å². The van der Waals surface area contributed by atoms with Crippen molar-refractivity contribution in [3.05, 3.63) is 22.7 Å². The van der Waals surface area contributed by atoms with Gasteiger partial charge in [0, 0.05) is 6.04 Å². The van der Waals surface area contributed by atoms with Crippen LogP contribution in [0.25, 0.3) is 0 Å². The van der Waals surface area contributed by atoms with Crippen LogP contribution in [-0.2, 0) is 9.31 Å². The van der Waals surface area contributed by atoms with Crippen molar-refractivity contribution in [1.82, 2.24) is 5.32 Å². The molecular formula is C13H22BNO2S. The normalized spacial score (nSPS) is 29.7. The molecule has 0 spiro atoms. The van der Waals surface area contributed by atoms with Crippen LogP contribution in [0.4, 0.5) is 0 Å². The first kappa shape index (κ1) is 14.0. The largest absolute Gasteiger partial charge is 0.492 e. The zero-order chi connectivity index (χ0) is 13.6. The van der Waals surface area contributed by atoms with Gasteiger partial charge >= 0.3 is 7.12 Å². The van der Waals surface area contributed by atoms with Gasteiger partial charge in [0.15, 0.2) is 0 Å². The van der Waals surface area contributed by atoms with Gasteiger partial charge in [-0.05, 0) is 52.4 Å². The Kier molecular flexibility index (Phi) is 3.60. The van der Waals surface area contributed by atoms with E-state index in [1.54, 1.807) is 11.8 Å². The Bertz CT molecular complexity index is 388. The Morgan fingerprint density at radius 2 is 1.72 bits per heavy atom. The van der Waals surface area contributed by atoms with E-state index < -0.39 is 0 Å². The van der Waals surface area contributed by atoms with Gasteiger partial charge < -0.3 is 14.6 Å². The highest BCUT2D eigenvalue weighted by atomic mass is 32.2. The van der Waals surface area contributed by atoms with Gasteiger partial charge in [0.1, 0.15) is 0 Å². The van der Waals surface area contributed by atoms with Crippen molar-refractivity contribution in [2.75, 3.05) is 6.26 Å². The van der Waals surface area contributed by atoms with E-state index >= 15 is 0 Å². The van der Waals surface area contributed by atoms with Gasteiger partial charge in [0.2, 0.25) is 0 Å². The highest BCUT2D eigenvalue weighted by molar-refractivity contribution is 8.02. The lowest BCUT2D eigenvalue weighted by molar-refractivity contribution is 0.00578. The molecule has 1 atom stereocenters. The monoisotopic (exact) mass is 267 g/mol. The van der Waals surface area contributed by atoms with E-state index in [0.717, 1.165) is 5.47 Å². The summed E-state index contributed by atoms with van der Waals surface area (Å²) in [6.45, 7) is 10.5. The summed E-state index contributed by atoms with van der Waals surface area (Å²) in [5.74, 6) is 0. The highest BCUT2D eigenvalue weighted by Crippen LogP contribution is 2.39. The molecule has 0 bridgehead atoms. The van der Waals surface area contributed by atoms with Crippen LogP contribution in [0.2, 0.25) is 0 Å². The van der Waals surface area contributed by atoms with Gasteiger partial charge in [0.05, 0.1) is 16.2 Å². The number of hydrogen-bond acceptors (Lipinski definition) is 4. The van der Waals surface area contributed by atoms with Crippen LogP contribution < -0.4 is 5.32 Å². The van der Waals surface area contributed by atoms with Crippen LogP contribution >= 0.6 is 11.8 Å². The molecule has 0 aromatic carbocycles. The summed E-state index contributed by atoms with van der Waals surface area (Å²) in [6, 6.07) is 0.243. The van der Waals surface area contributed by atoms with Crippen molar-refractivity contribution in [2.24, 2.45) is 0 Å². The van der Waals surface area contributed by atoms with Crippen molar-refractivity contribution in [3.8, 4) is 0 Å². The zero-order valence-electron chi connectivity index (χ0n) is 12.0. The summed E-state index contributed by atoms with van der Waals surface area (Å²) >= 11 is 1.72. The van der Waals surface area contributed by atoms with Crippen molar-refractivity contribution in [2.45, 2.75) is 51.9 Å². The fraction of sp³-hybridized carbons (Fsp3) is 0.692. The minimum Gasteiger partial charge on any atom is -0.400 e. The molecule has 2 rings (SSSR count). The Labute approximate surface area is 115 Å². The molecule has 100 valence electrons. The SMILES string of the molecule is CSC1=CC=C(B2OC(C)(C)C(C)(C)O2)C(C)N1. The second kappa shape index (κ2) is 4.62. The zero-order valence-corrected chi connectivity index (χ0v) is 12.9. The first-order chi connectivity index (χ1) is 8.27. The molecule has 1 fully saturated rings. The first-order valence-electron chi connectivity index (χ1n) is 6.35. The topological polar surface area (TPSA) is 30.5 Å². The summed E-state index contributed by atoms with van der Waals surface area (Å²) in [4.78, 5) is 0. The van der Waals surface area contributed by atoms with Gasteiger partial charge in [-0.25, -0.2) is 0 Å². The van der Waals surface area contributed by atoms with Gasteiger partial charge in [0.25, 0.3) is 0 Å². The van der Waals surface area contributed by atoms with Crippen molar-refractivity contribution in [1.29, 1.82) is 0 Å². The lowest BCUT2D eigenvalue weighted by Crippen LogP contribution is -2.41. The number of rotatable bonds is 2. The summed E-state index contributed by atoms with van der Waals surface area (Å²) in [5.41, 5.74) is 0.607. The fourth-order valence-electron chi connectivity index (χ4n) is 2.05. The third-order valence-corrected chi connectivity index (χ3v) is 4.73. The number of allylic oxidation sites excluding steroid dienone is 2. The predicted molar refractivity (Wildman–Crippen MR) is 78.4 cm³/mol. The van der Waals surface area contributed by atoms with Gasteiger partial charge in [-0.2, -0.15) is 0 Å². The van der Waals surface area contributed by atoms with Crippen LogP contribution in [0, 0.1) is 0 Å². The maximum atomic E-state index is 6.08. The van der Waals surface area contributed by atoms with E-state index in [1.165, 1.54) is 5.03 Å². The molecule has 0 aromatic rings. The molecule has 0 aliphatic carbocycles. The Morgan fingerprint density at radius 3 is 2.17 bits per heavy atom. The molecule has 1 N–H and O–H groups in total. The fourth-order valence-corrected chi connectivity index (χ4v) is 2.55. The molecule has 0 saturated carbocycles.